The molecule has 1 amide bonds. The van der Waals surface area contributed by atoms with Crippen molar-refractivity contribution in [1.82, 2.24) is 4.90 Å². The van der Waals surface area contributed by atoms with E-state index in [4.69, 9.17) is 9.84 Å². The minimum Gasteiger partial charge on any atom is -0.493 e. The fraction of sp³-hybridized carbons (Fsp3) is 0.467. The quantitative estimate of drug-likeness (QED) is 0.811. The third-order valence-electron chi connectivity index (χ3n) is 2.99. The molecule has 0 atom stereocenters. The summed E-state index contributed by atoms with van der Waals surface area (Å²) in [6.45, 7) is 4.08. The zero-order chi connectivity index (χ0) is 15.3. The standard InChI is InChI=1S/C15H21NO4/c1-10-8-12(15(18)19)9-11(2)14(10)20-7-5-6-13(17)16(3)4/h8-9H,5-7H2,1-4H3,(H,18,19). The number of amides is 1. The molecule has 20 heavy (non-hydrogen) atoms. The molecule has 0 aromatic heterocycles. The summed E-state index contributed by atoms with van der Waals surface area (Å²) < 4.78 is 5.67. The van der Waals surface area contributed by atoms with E-state index < -0.39 is 5.97 Å². The van der Waals surface area contributed by atoms with Gasteiger partial charge >= 0.3 is 5.97 Å². The first-order valence-corrected chi connectivity index (χ1v) is 6.50. The van der Waals surface area contributed by atoms with Crippen LogP contribution in [0.15, 0.2) is 12.1 Å². The molecule has 0 saturated heterocycles. The SMILES string of the molecule is Cc1cc(C(=O)O)cc(C)c1OCCCC(=O)N(C)C. The van der Waals surface area contributed by atoms with Gasteiger partial charge in [-0.25, -0.2) is 4.79 Å². The van der Waals surface area contributed by atoms with E-state index in [1.807, 2.05) is 13.8 Å². The van der Waals surface area contributed by atoms with Crippen LogP contribution in [0.3, 0.4) is 0 Å². The maximum atomic E-state index is 11.4. The Hall–Kier alpha value is -2.04. The molecule has 0 aliphatic heterocycles. The van der Waals surface area contributed by atoms with Gasteiger partial charge in [-0.3, -0.25) is 4.79 Å². The molecule has 1 N–H and O–H groups in total. The predicted octanol–water partition coefficient (Wildman–Crippen LogP) is 2.25. The number of aromatic carboxylic acids is 1. The third kappa shape index (κ3) is 4.26. The Morgan fingerprint density at radius 2 is 1.75 bits per heavy atom. The zero-order valence-electron chi connectivity index (χ0n) is 12.4. The van der Waals surface area contributed by atoms with Gasteiger partial charge in [0.15, 0.2) is 0 Å². The van der Waals surface area contributed by atoms with Crippen molar-refractivity contribution in [3.63, 3.8) is 0 Å². The number of nitrogens with zero attached hydrogens (tertiary/aromatic N) is 1. The summed E-state index contributed by atoms with van der Waals surface area (Å²) in [6.07, 6.45) is 1.08. The number of carboxylic acid groups (broad SMARTS) is 1. The number of carbonyl (C=O) groups excluding carboxylic acids is 1. The Morgan fingerprint density at radius 1 is 1.20 bits per heavy atom. The van der Waals surface area contributed by atoms with Crippen molar-refractivity contribution in [2.75, 3.05) is 20.7 Å². The molecule has 0 heterocycles. The summed E-state index contributed by atoms with van der Waals surface area (Å²) in [7, 11) is 3.45. The van der Waals surface area contributed by atoms with Crippen LogP contribution in [-0.2, 0) is 4.79 Å². The summed E-state index contributed by atoms with van der Waals surface area (Å²) in [5, 5.41) is 8.97. The summed E-state index contributed by atoms with van der Waals surface area (Å²) in [5.41, 5.74) is 1.85. The number of hydrogen-bond donors (Lipinski definition) is 1. The van der Waals surface area contributed by atoms with Gasteiger partial charge in [-0.1, -0.05) is 0 Å². The Morgan fingerprint density at radius 3 is 2.20 bits per heavy atom. The molecular weight excluding hydrogens is 258 g/mol. The molecule has 5 nitrogen and oxygen atoms in total. The molecule has 0 saturated carbocycles. The number of ether oxygens (including phenoxy) is 1. The van der Waals surface area contributed by atoms with Gasteiger partial charge in [0, 0.05) is 20.5 Å². The van der Waals surface area contributed by atoms with E-state index in [0.29, 0.717) is 25.2 Å². The van der Waals surface area contributed by atoms with Crippen molar-refractivity contribution >= 4 is 11.9 Å². The van der Waals surface area contributed by atoms with E-state index in [0.717, 1.165) is 11.1 Å². The van der Waals surface area contributed by atoms with Crippen LogP contribution in [0.4, 0.5) is 0 Å². The summed E-state index contributed by atoms with van der Waals surface area (Å²) in [5.74, 6) is -0.171. The molecule has 1 aromatic carbocycles. The van der Waals surface area contributed by atoms with E-state index in [1.165, 1.54) is 0 Å². The number of carboxylic acids is 1. The van der Waals surface area contributed by atoms with Gasteiger partial charge in [0.1, 0.15) is 5.75 Å². The second-order valence-corrected chi connectivity index (χ2v) is 4.98. The number of rotatable bonds is 6. The number of hydrogen-bond acceptors (Lipinski definition) is 3. The predicted molar refractivity (Wildman–Crippen MR) is 76.3 cm³/mol. The van der Waals surface area contributed by atoms with E-state index >= 15 is 0 Å². The first-order chi connectivity index (χ1) is 9.32. The Bertz CT molecular complexity index is 486. The minimum atomic E-state index is -0.945. The lowest BCUT2D eigenvalue weighted by molar-refractivity contribution is -0.128. The van der Waals surface area contributed by atoms with Crippen LogP contribution in [-0.4, -0.2) is 42.6 Å². The lowest BCUT2D eigenvalue weighted by Gasteiger charge is -2.14. The van der Waals surface area contributed by atoms with Crippen LogP contribution in [0.5, 0.6) is 5.75 Å². The Labute approximate surface area is 119 Å². The maximum Gasteiger partial charge on any atom is 0.335 e. The maximum absolute atomic E-state index is 11.4. The highest BCUT2D eigenvalue weighted by Crippen LogP contribution is 2.25. The molecule has 110 valence electrons. The van der Waals surface area contributed by atoms with E-state index in [1.54, 1.807) is 31.1 Å². The molecular formula is C15H21NO4. The van der Waals surface area contributed by atoms with Gasteiger partial charge in [0.25, 0.3) is 0 Å². The highest BCUT2D eigenvalue weighted by molar-refractivity contribution is 5.88. The van der Waals surface area contributed by atoms with Gasteiger partial charge in [0.05, 0.1) is 12.2 Å². The highest BCUT2D eigenvalue weighted by Gasteiger charge is 2.11. The van der Waals surface area contributed by atoms with Crippen molar-refractivity contribution in [3.05, 3.63) is 28.8 Å². The molecule has 0 unspecified atom stereocenters. The lowest BCUT2D eigenvalue weighted by atomic mass is 10.1. The van der Waals surface area contributed by atoms with Crippen LogP contribution < -0.4 is 4.74 Å². The number of carbonyl (C=O) groups is 2. The summed E-state index contributed by atoms with van der Waals surface area (Å²) >= 11 is 0. The van der Waals surface area contributed by atoms with Gasteiger partial charge in [-0.15, -0.1) is 0 Å². The summed E-state index contributed by atoms with van der Waals surface area (Å²) in [4.78, 5) is 23.9. The smallest absolute Gasteiger partial charge is 0.335 e. The first kappa shape index (κ1) is 16.0. The molecule has 0 aliphatic carbocycles. The largest absolute Gasteiger partial charge is 0.493 e. The van der Waals surface area contributed by atoms with Crippen LogP contribution in [0.2, 0.25) is 0 Å². The van der Waals surface area contributed by atoms with Crippen molar-refractivity contribution < 1.29 is 19.4 Å². The Kier molecular flexibility index (Phi) is 5.55. The van der Waals surface area contributed by atoms with Crippen molar-refractivity contribution in [1.29, 1.82) is 0 Å². The van der Waals surface area contributed by atoms with Gasteiger partial charge < -0.3 is 14.7 Å². The van der Waals surface area contributed by atoms with Crippen molar-refractivity contribution in [2.24, 2.45) is 0 Å². The van der Waals surface area contributed by atoms with Crippen LogP contribution in [0.25, 0.3) is 0 Å². The molecule has 0 aliphatic rings. The third-order valence-corrected chi connectivity index (χ3v) is 2.99. The zero-order valence-corrected chi connectivity index (χ0v) is 12.4. The van der Waals surface area contributed by atoms with Gasteiger partial charge in [-0.05, 0) is 43.5 Å². The summed E-state index contributed by atoms with van der Waals surface area (Å²) in [6, 6.07) is 3.19. The normalized spacial score (nSPS) is 10.2. The van der Waals surface area contributed by atoms with E-state index in [9.17, 15) is 9.59 Å². The van der Waals surface area contributed by atoms with Crippen LogP contribution in [0, 0.1) is 13.8 Å². The van der Waals surface area contributed by atoms with Crippen molar-refractivity contribution in [2.45, 2.75) is 26.7 Å². The molecule has 0 fully saturated rings. The number of benzene rings is 1. The van der Waals surface area contributed by atoms with Crippen LogP contribution in [0.1, 0.15) is 34.3 Å². The molecule has 0 spiro atoms. The second kappa shape index (κ2) is 6.93. The topological polar surface area (TPSA) is 66.8 Å². The molecule has 5 heteroatoms. The molecule has 1 rings (SSSR count). The lowest BCUT2D eigenvalue weighted by Crippen LogP contribution is -2.21. The Balaban J connectivity index is 2.61. The highest BCUT2D eigenvalue weighted by atomic mass is 16.5. The second-order valence-electron chi connectivity index (χ2n) is 4.98. The van der Waals surface area contributed by atoms with Crippen LogP contribution >= 0.6 is 0 Å². The fourth-order valence-electron chi connectivity index (χ4n) is 1.92. The number of aryl methyl sites for hydroxylation is 2. The van der Waals surface area contributed by atoms with Gasteiger partial charge in [-0.2, -0.15) is 0 Å². The van der Waals surface area contributed by atoms with Gasteiger partial charge in [0.2, 0.25) is 5.91 Å². The fourth-order valence-corrected chi connectivity index (χ4v) is 1.92. The minimum absolute atomic E-state index is 0.0725. The molecule has 1 aromatic rings. The van der Waals surface area contributed by atoms with E-state index in [-0.39, 0.29) is 11.5 Å². The monoisotopic (exact) mass is 279 g/mol. The molecule has 0 radical (unpaired) electrons. The first-order valence-electron chi connectivity index (χ1n) is 6.50. The van der Waals surface area contributed by atoms with E-state index in [2.05, 4.69) is 0 Å². The average Bonchev–Trinajstić information content (AvgIpc) is 2.36. The molecule has 0 bridgehead atoms. The van der Waals surface area contributed by atoms with Crippen molar-refractivity contribution in [3.8, 4) is 5.75 Å². The average molecular weight is 279 g/mol.